The summed E-state index contributed by atoms with van der Waals surface area (Å²) in [6.45, 7) is 1.93. The lowest BCUT2D eigenvalue weighted by Crippen LogP contribution is -2.37. The fourth-order valence-corrected chi connectivity index (χ4v) is 4.14. The van der Waals surface area contributed by atoms with E-state index in [4.69, 9.17) is 4.74 Å². The normalized spacial score (nSPS) is 23.9. The average Bonchev–Trinajstić information content (AvgIpc) is 3.30. The molecular formula is C19H16F2N2O2. The van der Waals surface area contributed by atoms with Crippen LogP contribution in [0, 0.1) is 11.6 Å². The summed E-state index contributed by atoms with van der Waals surface area (Å²) in [5.41, 5.74) is 3.35. The fourth-order valence-electron chi connectivity index (χ4n) is 4.14. The smallest absolute Gasteiger partial charge is 0.251 e. The van der Waals surface area contributed by atoms with E-state index in [0.29, 0.717) is 29.8 Å². The van der Waals surface area contributed by atoms with E-state index in [1.54, 1.807) is 6.07 Å². The minimum absolute atomic E-state index is 0.152. The molecule has 3 aliphatic heterocycles. The zero-order valence-corrected chi connectivity index (χ0v) is 13.4. The van der Waals surface area contributed by atoms with E-state index in [1.807, 2.05) is 6.07 Å². The van der Waals surface area contributed by atoms with Gasteiger partial charge >= 0.3 is 0 Å². The maximum atomic E-state index is 14.3. The minimum Gasteiger partial charge on any atom is -0.374 e. The molecule has 2 atom stereocenters. The summed E-state index contributed by atoms with van der Waals surface area (Å²) in [5, 5.41) is 2.84. The Morgan fingerprint density at radius 1 is 1.16 bits per heavy atom. The molecule has 2 saturated heterocycles. The van der Waals surface area contributed by atoms with Crippen LogP contribution in [0.3, 0.4) is 0 Å². The van der Waals surface area contributed by atoms with Crippen LogP contribution >= 0.6 is 0 Å². The summed E-state index contributed by atoms with van der Waals surface area (Å²) >= 11 is 0. The van der Waals surface area contributed by atoms with Crippen molar-refractivity contribution >= 4 is 11.6 Å². The van der Waals surface area contributed by atoms with Crippen LogP contribution in [0.15, 0.2) is 30.3 Å². The van der Waals surface area contributed by atoms with Gasteiger partial charge in [-0.25, -0.2) is 8.78 Å². The molecule has 0 spiro atoms. The first-order valence-corrected chi connectivity index (χ1v) is 8.39. The topological polar surface area (TPSA) is 41.6 Å². The summed E-state index contributed by atoms with van der Waals surface area (Å²) in [6.07, 6.45) is 1.20. The van der Waals surface area contributed by atoms with Crippen molar-refractivity contribution in [2.45, 2.75) is 25.1 Å². The van der Waals surface area contributed by atoms with Gasteiger partial charge in [0.25, 0.3) is 5.91 Å². The van der Waals surface area contributed by atoms with Crippen molar-refractivity contribution in [1.82, 2.24) is 5.32 Å². The molecule has 5 rings (SSSR count). The second-order valence-corrected chi connectivity index (χ2v) is 6.83. The van der Waals surface area contributed by atoms with Gasteiger partial charge in [0.2, 0.25) is 0 Å². The van der Waals surface area contributed by atoms with Gasteiger partial charge in [0, 0.05) is 41.5 Å². The Morgan fingerprint density at radius 2 is 2.04 bits per heavy atom. The van der Waals surface area contributed by atoms with Gasteiger partial charge in [-0.3, -0.25) is 4.79 Å². The molecule has 2 fully saturated rings. The maximum absolute atomic E-state index is 14.3. The Labute approximate surface area is 143 Å². The third-order valence-electron chi connectivity index (χ3n) is 5.35. The predicted molar refractivity (Wildman–Crippen MR) is 88.5 cm³/mol. The van der Waals surface area contributed by atoms with E-state index in [2.05, 4.69) is 10.2 Å². The van der Waals surface area contributed by atoms with E-state index in [-0.39, 0.29) is 18.1 Å². The van der Waals surface area contributed by atoms with Crippen molar-refractivity contribution in [3.05, 3.63) is 53.1 Å². The van der Waals surface area contributed by atoms with E-state index < -0.39 is 11.6 Å². The van der Waals surface area contributed by atoms with Crippen LogP contribution in [-0.4, -0.2) is 31.2 Å². The van der Waals surface area contributed by atoms with Crippen molar-refractivity contribution in [2.24, 2.45) is 0 Å². The molecule has 1 N–H and O–H groups in total. The lowest BCUT2D eigenvalue weighted by atomic mass is 9.97. The molecule has 25 heavy (non-hydrogen) atoms. The lowest BCUT2D eigenvalue weighted by Gasteiger charge is -2.31. The first kappa shape index (κ1) is 14.8. The van der Waals surface area contributed by atoms with Crippen molar-refractivity contribution < 1.29 is 18.3 Å². The zero-order valence-electron chi connectivity index (χ0n) is 13.4. The van der Waals surface area contributed by atoms with Gasteiger partial charge in [-0.15, -0.1) is 0 Å². The van der Waals surface area contributed by atoms with Crippen LogP contribution < -0.4 is 10.2 Å². The number of nitrogens with one attached hydrogen (secondary N) is 1. The van der Waals surface area contributed by atoms with Gasteiger partial charge in [-0.1, -0.05) is 0 Å². The standard InChI is InChI=1S/C19H16F2N2O2/c20-11-1-2-14(17(21)5-11)10-3-15-16(7-22-19(15)24)18(4-10)23-8-13-6-12(23)9-25-13/h1-5,12-13H,6-9H2,(H,22,24)/t12?,13-/m1/s1. The lowest BCUT2D eigenvalue weighted by molar-refractivity contribution is 0.0965. The van der Waals surface area contributed by atoms with Crippen LogP contribution in [0.2, 0.25) is 0 Å². The minimum atomic E-state index is -0.629. The second kappa shape index (κ2) is 5.26. The number of carbonyl (C=O) groups excluding carboxylic acids is 1. The van der Waals surface area contributed by atoms with Crippen LogP contribution in [0.25, 0.3) is 11.1 Å². The highest BCUT2D eigenvalue weighted by Crippen LogP contribution is 2.40. The number of nitrogens with zero attached hydrogens (tertiary/aromatic N) is 1. The number of anilines is 1. The van der Waals surface area contributed by atoms with Gasteiger partial charge in [-0.2, -0.15) is 0 Å². The highest BCUT2D eigenvalue weighted by atomic mass is 19.1. The Hall–Kier alpha value is -2.47. The van der Waals surface area contributed by atoms with Crippen LogP contribution in [0.5, 0.6) is 0 Å². The monoisotopic (exact) mass is 342 g/mol. The van der Waals surface area contributed by atoms with Gasteiger partial charge < -0.3 is 15.0 Å². The molecule has 0 aromatic heterocycles. The van der Waals surface area contributed by atoms with Crippen molar-refractivity contribution in [3.63, 3.8) is 0 Å². The summed E-state index contributed by atoms with van der Waals surface area (Å²) in [4.78, 5) is 14.5. The molecule has 3 aliphatic rings. The fraction of sp³-hybridized carbons (Fsp3) is 0.316. The Balaban J connectivity index is 1.67. The largest absolute Gasteiger partial charge is 0.374 e. The van der Waals surface area contributed by atoms with Crippen LogP contribution in [-0.2, 0) is 11.3 Å². The van der Waals surface area contributed by atoms with E-state index in [9.17, 15) is 13.6 Å². The summed E-state index contributed by atoms with van der Waals surface area (Å²) < 4.78 is 33.2. The first-order valence-electron chi connectivity index (χ1n) is 8.39. The second-order valence-electron chi connectivity index (χ2n) is 6.83. The quantitative estimate of drug-likeness (QED) is 0.913. The third-order valence-corrected chi connectivity index (χ3v) is 5.35. The number of carbonyl (C=O) groups is 1. The van der Waals surface area contributed by atoms with Crippen molar-refractivity contribution in [2.75, 3.05) is 18.1 Å². The zero-order chi connectivity index (χ0) is 17.1. The number of hydrogen-bond acceptors (Lipinski definition) is 3. The maximum Gasteiger partial charge on any atom is 0.251 e. The number of rotatable bonds is 2. The molecule has 0 aliphatic carbocycles. The van der Waals surface area contributed by atoms with Gasteiger partial charge in [0.1, 0.15) is 11.6 Å². The molecule has 2 bridgehead atoms. The van der Waals surface area contributed by atoms with E-state index in [1.165, 1.54) is 12.1 Å². The molecule has 4 nitrogen and oxygen atoms in total. The molecule has 0 saturated carbocycles. The third kappa shape index (κ3) is 2.24. The summed E-state index contributed by atoms with van der Waals surface area (Å²) in [5.74, 6) is -1.40. The number of fused-ring (bicyclic) bond motifs is 3. The van der Waals surface area contributed by atoms with Crippen molar-refractivity contribution in [3.8, 4) is 11.1 Å². The average molecular weight is 342 g/mol. The molecule has 6 heteroatoms. The Morgan fingerprint density at radius 3 is 2.76 bits per heavy atom. The highest BCUT2D eigenvalue weighted by molar-refractivity contribution is 6.01. The summed E-state index contributed by atoms with van der Waals surface area (Å²) in [6, 6.07) is 7.42. The predicted octanol–water partition coefficient (Wildman–Crippen LogP) is 2.85. The molecule has 128 valence electrons. The highest BCUT2D eigenvalue weighted by Gasteiger charge is 2.41. The molecule has 3 heterocycles. The molecule has 2 aromatic rings. The molecule has 0 radical (unpaired) electrons. The molecule has 1 unspecified atom stereocenters. The van der Waals surface area contributed by atoms with E-state index >= 15 is 0 Å². The number of amides is 1. The Bertz CT molecular complexity index is 899. The van der Waals surface area contributed by atoms with Crippen molar-refractivity contribution in [1.29, 1.82) is 0 Å². The van der Waals surface area contributed by atoms with Gasteiger partial charge in [-0.05, 0) is 36.2 Å². The van der Waals surface area contributed by atoms with E-state index in [0.717, 1.165) is 30.3 Å². The number of morpholine rings is 1. The Kier molecular flexibility index (Phi) is 3.12. The number of hydrogen-bond donors (Lipinski definition) is 1. The van der Waals surface area contributed by atoms with Gasteiger partial charge in [0.15, 0.2) is 0 Å². The molecule has 2 aromatic carbocycles. The van der Waals surface area contributed by atoms with Crippen LogP contribution in [0.1, 0.15) is 22.3 Å². The SMILES string of the molecule is O=C1NCc2c1cc(-c1ccc(F)cc1F)cc2N1C[C@H]2CC1CO2. The molecular weight excluding hydrogens is 326 g/mol. The first-order chi connectivity index (χ1) is 12.1. The number of ether oxygens (including phenoxy) is 1. The number of halogens is 2. The number of benzene rings is 2. The van der Waals surface area contributed by atoms with Gasteiger partial charge in [0.05, 0.1) is 18.8 Å². The van der Waals surface area contributed by atoms with Crippen LogP contribution in [0.4, 0.5) is 14.5 Å². The summed E-state index contributed by atoms with van der Waals surface area (Å²) in [7, 11) is 0. The molecule has 1 amide bonds.